The first kappa shape index (κ1) is 7.85. The van der Waals surface area contributed by atoms with Gasteiger partial charge in [0.15, 0.2) is 6.04 Å². The summed E-state index contributed by atoms with van der Waals surface area (Å²) < 4.78 is 35.4. The van der Waals surface area contributed by atoms with Gasteiger partial charge in [0.25, 0.3) is 0 Å². The molecule has 11 heavy (non-hydrogen) atoms. The number of alkyl halides is 3. The number of hydrogen-bond acceptors (Lipinski definition) is 3. The van der Waals surface area contributed by atoms with Gasteiger partial charge in [0, 0.05) is 0 Å². The first-order chi connectivity index (χ1) is 5.04. The van der Waals surface area contributed by atoms with Crippen molar-refractivity contribution in [2.75, 3.05) is 6.54 Å². The third kappa shape index (κ3) is 1.61. The number of hydrogen-bond donors (Lipinski definition) is 0. The molecule has 0 aromatic rings. The Hall–Kier alpha value is -1.25. The largest absolute Gasteiger partial charge is 0.485 e. The second-order valence-corrected chi connectivity index (χ2v) is 2.03. The molecule has 1 unspecified atom stereocenters. The highest BCUT2D eigenvalue weighted by Gasteiger charge is 2.39. The Morgan fingerprint density at radius 1 is 1.64 bits per heavy atom. The molecule has 0 spiro atoms. The van der Waals surface area contributed by atoms with Crippen molar-refractivity contribution in [3.05, 3.63) is 0 Å². The maximum Gasteiger partial charge on any atom is 0.485 e. The van der Waals surface area contributed by atoms with E-state index in [9.17, 15) is 13.2 Å². The van der Waals surface area contributed by atoms with E-state index in [1.165, 1.54) is 0 Å². The van der Waals surface area contributed by atoms with Crippen LogP contribution in [0.4, 0.5) is 13.2 Å². The maximum atomic E-state index is 11.8. The summed E-state index contributed by atoms with van der Waals surface area (Å²) in [7, 11) is 0. The lowest BCUT2D eigenvalue weighted by Gasteiger charge is -2.16. The monoisotopic (exact) mass is 163 g/mol. The molecule has 0 N–H and O–H groups in total. The highest BCUT2D eigenvalue weighted by atomic mass is 19.4. The van der Waals surface area contributed by atoms with Gasteiger partial charge in [-0.25, -0.2) is 0 Å². The molecular weight excluding hydrogens is 159 g/mol. The fourth-order valence-electron chi connectivity index (χ4n) is 0.685. The molecule has 0 bridgehead atoms. The van der Waals surface area contributed by atoms with Crippen molar-refractivity contribution < 1.29 is 13.2 Å². The summed E-state index contributed by atoms with van der Waals surface area (Å²) in [6.07, 6.45) is -3.76. The van der Waals surface area contributed by atoms with Crippen molar-refractivity contribution in [2.45, 2.75) is 12.3 Å². The van der Waals surface area contributed by atoms with E-state index in [2.05, 4.69) is 4.99 Å². The molecule has 0 aromatic carbocycles. The van der Waals surface area contributed by atoms with E-state index in [4.69, 9.17) is 5.26 Å². The smallest absolute Gasteiger partial charge is 0.271 e. The molecule has 0 radical (unpaired) electrons. The molecular formula is C5H4F3N3. The topological polar surface area (TPSA) is 39.4 Å². The summed E-state index contributed by atoms with van der Waals surface area (Å²) in [6.45, 7) is -0.389. The van der Waals surface area contributed by atoms with Gasteiger partial charge in [-0.05, 0) is 0 Å². The van der Waals surface area contributed by atoms with Gasteiger partial charge in [-0.1, -0.05) is 0 Å². The maximum absolute atomic E-state index is 11.8. The summed E-state index contributed by atoms with van der Waals surface area (Å²) in [5, 5.41) is 8.19. The summed E-state index contributed by atoms with van der Waals surface area (Å²) in [4.78, 5) is 3.41. The summed E-state index contributed by atoms with van der Waals surface area (Å²) in [5.74, 6) is 0. The van der Waals surface area contributed by atoms with Crippen LogP contribution in [0, 0.1) is 11.3 Å². The summed E-state index contributed by atoms with van der Waals surface area (Å²) in [6, 6.07) is 0.748. The number of nitriles is 1. The molecule has 0 amide bonds. The quantitative estimate of drug-likeness (QED) is 0.494. The van der Waals surface area contributed by atoms with Crippen LogP contribution in [-0.2, 0) is 0 Å². The molecule has 60 valence electrons. The van der Waals surface area contributed by atoms with Gasteiger partial charge < -0.3 is 0 Å². The van der Waals surface area contributed by atoms with Gasteiger partial charge >= 0.3 is 6.30 Å². The number of aliphatic imine (C=N–C) groups is 1. The highest BCUT2D eigenvalue weighted by Crippen LogP contribution is 2.22. The highest BCUT2D eigenvalue weighted by molar-refractivity contribution is 5.59. The molecule has 1 heterocycles. The van der Waals surface area contributed by atoms with E-state index in [1.54, 1.807) is 6.07 Å². The van der Waals surface area contributed by atoms with Gasteiger partial charge in [-0.3, -0.25) is 9.89 Å². The molecule has 1 atom stereocenters. The van der Waals surface area contributed by atoms with Crippen LogP contribution in [0.3, 0.4) is 0 Å². The zero-order valence-corrected chi connectivity index (χ0v) is 5.34. The third-order valence-electron chi connectivity index (χ3n) is 1.23. The standard InChI is InChI=1S/C5H4F3N3/c6-5(7,8)11-2-4(1-9)10-3-11/h3-4H,2H2. The van der Waals surface area contributed by atoms with Crippen LogP contribution in [0.5, 0.6) is 0 Å². The lowest BCUT2D eigenvalue weighted by atomic mass is 10.3. The van der Waals surface area contributed by atoms with Crippen LogP contribution in [-0.4, -0.2) is 30.1 Å². The van der Waals surface area contributed by atoms with E-state index in [1.807, 2.05) is 0 Å². The first-order valence-electron chi connectivity index (χ1n) is 2.80. The average Bonchev–Trinajstić information content (AvgIpc) is 2.32. The minimum atomic E-state index is -4.41. The minimum Gasteiger partial charge on any atom is -0.271 e. The Labute approximate surface area is 60.7 Å². The molecule has 1 aliphatic heterocycles. The Morgan fingerprint density at radius 2 is 2.27 bits per heavy atom. The lowest BCUT2D eigenvalue weighted by Crippen LogP contribution is -2.36. The van der Waals surface area contributed by atoms with Crippen molar-refractivity contribution in [3.63, 3.8) is 0 Å². The van der Waals surface area contributed by atoms with Crippen LogP contribution in [0.15, 0.2) is 4.99 Å². The van der Waals surface area contributed by atoms with Crippen LogP contribution in [0.2, 0.25) is 0 Å². The molecule has 0 fully saturated rings. The van der Waals surface area contributed by atoms with E-state index in [-0.39, 0.29) is 11.4 Å². The average molecular weight is 163 g/mol. The predicted octanol–water partition coefficient (Wildman–Crippen LogP) is 0.742. The van der Waals surface area contributed by atoms with Crippen LogP contribution in [0.1, 0.15) is 0 Å². The molecule has 0 saturated carbocycles. The molecule has 1 rings (SSSR count). The molecule has 1 aliphatic rings. The van der Waals surface area contributed by atoms with Gasteiger partial charge in [0.05, 0.1) is 19.0 Å². The first-order valence-corrected chi connectivity index (χ1v) is 2.80. The van der Waals surface area contributed by atoms with E-state index in [0.29, 0.717) is 6.34 Å². The zero-order valence-electron chi connectivity index (χ0n) is 5.34. The normalized spacial score (nSPS) is 23.8. The Morgan fingerprint density at radius 3 is 2.55 bits per heavy atom. The zero-order chi connectivity index (χ0) is 8.48. The van der Waals surface area contributed by atoms with E-state index >= 15 is 0 Å². The summed E-state index contributed by atoms with van der Waals surface area (Å²) in [5.41, 5.74) is 0. The van der Waals surface area contributed by atoms with Crippen LogP contribution in [0.25, 0.3) is 0 Å². The number of halogens is 3. The fourth-order valence-corrected chi connectivity index (χ4v) is 0.685. The van der Waals surface area contributed by atoms with Crippen molar-refractivity contribution in [1.82, 2.24) is 4.90 Å². The van der Waals surface area contributed by atoms with Gasteiger partial charge in [0.2, 0.25) is 0 Å². The summed E-state index contributed by atoms with van der Waals surface area (Å²) >= 11 is 0. The van der Waals surface area contributed by atoms with E-state index < -0.39 is 12.3 Å². The molecule has 6 heteroatoms. The SMILES string of the molecule is N#CC1CN(C(F)(F)F)C=N1. The van der Waals surface area contributed by atoms with Gasteiger partial charge in [-0.15, -0.1) is 0 Å². The Bertz CT molecular complexity index is 214. The predicted molar refractivity (Wildman–Crippen MR) is 30.7 cm³/mol. The lowest BCUT2D eigenvalue weighted by molar-refractivity contribution is -0.213. The molecule has 0 aromatic heterocycles. The van der Waals surface area contributed by atoms with Gasteiger partial charge in [0.1, 0.15) is 0 Å². The molecule has 3 nitrogen and oxygen atoms in total. The van der Waals surface area contributed by atoms with Crippen molar-refractivity contribution in [3.8, 4) is 6.07 Å². The number of rotatable bonds is 0. The Balaban J connectivity index is 2.59. The van der Waals surface area contributed by atoms with Crippen LogP contribution >= 0.6 is 0 Å². The second-order valence-electron chi connectivity index (χ2n) is 2.03. The fraction of sp³-hybridized carbons (Fsp3) is 0.600. The molecule has 0 aliphatic carbocycles. The number of nitrogens with zero attached hydrogens (tertiary/aromatic N) is 3. The van der Waals surface area contributed by atoms with Crippen molar-refractivity contribution in [1.29, 1.82) is 5.26 Å². The van der Waals surface area contributed by atoms with E-state index in [0.717, 1.165) is 0 Å². The molecule has 0 saturated heterocycles. The van der Waals surface area contributed by atoms with Crippen molar-refractivity contribution in [2.24, 2.45) is 4.99 Å². The van der Waals surface area contributed by atoms with Crippen LogP contribution < -0.4 is 0 Å². The second kappa shape index (κ2) is 2.42. The van der Waals surface area contributed by atoms with Gasteiger partial charge in [-0.2, -0.15) is 18.4 Å². The Kier molecular flexibility index (Phi) is 1.72. The van der Waals surface area contributed by atoms with Crippen molar-refractivity contribution >= 4 is 6.34 Å². The minimum absolute atomic E-state index is 0.0842. The third-order valence-corrected chi connectivity index (χ3v) is 1.23.